The summed E-state index contributed by atoms with van der Waals surface area (Å²) in [5, 5.41) is 0.401. The number of hydrogen-bond donors (Lipinski definition) is 1. The molecule has 1 aromatic heterocycles. The first-order chi connectivity index (χ1) is 9.15. The highest BCUT2D eigenvalue weighted by Gasteiger charge is 2.18. The Hall–Kier alpha value is -1.88. The van der Waals surface area contributed by atoms with Gasteiger partial charge in [0.05, 0.1) is 11.2 Å². The maximum atomic E-state index is 14.2. The van der Waals surface area contributed by atoms with Crippen molar-refractivity contribution in [2.24, 2.45) is 0 Å². The zero-order valence-electron chi connectivity index (χ0n) is 10.8. The number of nitrogens with zero attached hydrogens (tertiary/aromatic N) is 2. The van der Waals surface area contributed by atoms with Gasteiger partial charge in [0.1, 0.15) is 5.82 Å². The number of halogens is 1. The molecular formula is C14H16FN3O. The van der Waals surface area contributed by atoms with Crippen molar-refractivity contribution in [3.05, 3.63) is 40.4 Å². The molecule has 0 saturated carbocycles. The number of pyridine rings is 1. The molecule has 1 N–H and O–H groups in total. The van der Waals surface area contributed by atoms with E-state index in [-0.39, 0.29) is 11.2 Å². The van der Waals surface area contributed by atoms with Crippen LogP contribution in [0.3, 0.4) is 0 Å². The Bertz CT molecular complexity index is 659. The second-order valence-electron chi connectivity index (χ2n) is 4.98. The molecule has 5 heteroatoms. The van der Waals surface area contributed by atoms with Crippen LogP contribution < -0.4 is 10.3 Å². The number of aromatic nitrogens is 1. The Kier molecular flexibility index (Phi) is 2.98. The minimum Gasteiger partial charge on any atom is -0.367 e. The van der Waals surface area contributed by atoms with Crippen molar-refractivity contribution in [1.29, 1.82) is 0 Å². The van der Waals surface area contributed by atoms with Gasteiger partial charge in [-0.3, -0.25) is 4.79 Å². The van der Waals surface area contributed by atoms with Crippen molar-refractivity contribution in [1.82, 2.24) is 9.88 Å². The number of likely N-dealkylation sites (N-methyl/N-ethyl adjacent to an activating group) is 1. The van der Waals surface area contributed by atoms with Crippen LogP contribution in [-0.4, -0.2) is 43.1 Å². The molecule has 2 aromatic rings. The van der Waals surface area contributed by atoms with Gasteiger partial charge in [-0.15, -0.1) is 0 Å². The fourth-order valence-corrected chi connectivity index (χ4v) is 2.47. The minimum atomic E-state index is -0.325. The average Bonchev–Trinajstić information content (AvgIpc) is 2.40. The summed E-state index contributed by atoms with van der Waals surface area (Å²) in [5.74, 6) is -0.325. The molecular weight excluding hydrogens is 245 g/mol. The number of rotatable bonds is 1. The number of fused-ring (bicyclic) bond motifs is 1. The molecule has 0 unspecified atom stereocenters. The Balaban J connectivity index is 2.05. The predicted molar refractivity (Wildman–Crippen MR) is 74.2 cm³/mol. The Morgan fingerprint density at radius 1 is 1.21 bits per heavy atom. The lowest BCUT2D eigenvalue weighted by atomic mass is 10.1. The molecule has 1 aliphatic heterocycles. The van der Waals surface area contributed by atoms with E-state index < -0.39 is 0 Å². The van der Waals surface area contributed by atoms with Crippen LogP contribution in [0.2, 0.25) is 0 Å². The van der Waals surface area contributed by atoms with E-state index in [2.05, 4.69) is 16.9 Å². The molecule has 3 rings (SSSR count). The quantitative estimate of drug-likeness (QED) is 0.844. The van der Waals surface area contributed by atoms with E-state index in [1.165, 1.54) is 12.1 Å². The maximum Gasteiger partial charge on any atom is 0.189 e. The summed E-state index contributed by atoms with van der Waals surface area (Å²) in [4.78, 5) is 18.9. The first kappa shape index (κ1) is 12.2. The van der Waals surface area contributed by atoms with E-state index in [9.17, 15) is 9.18 Å². The van der Waals surface area contributed by atoms with E-state index in [4.69, 9.17) is 0 Å². The van der Waals surface area contributed by atoms with Crippen molar-refractivity contribution in [3.63, 3.8) is 0 Å². The second-order valence-corrected chi connectivity index (χ2v) is 4.98. The van der Waals surface area contributed by atoms with Gasteiger partial charge in [0.15, 0.2) is 5.43 Å². The van der Waals surface area contributed by atoms with Crippen LogP contribution in [-0.2, 0) is 0 Å². The van der Waals surface area contributed by atoms with Gasteiger partial charge in [-0.25, -0.2) is 4.39 Å². The summed E-state index contributed by atoms with van der Waals surface area (Å²) in [5.41, 5.74) is 1.10. The number of benzene rings is 1. The molecule has 0 amide bonds. The molecule has 0 bridgehead atoms. The lowest BCUT2D eigenvalue weighted by Crippen LogP contribution is -2.44. The third-order valence-electron chi connectivity index (χ3n) is 3.67. The molecule has 0 atom stereocenters. The first-order valence-electron chi connectivity index (χ1n) is 6.39. The molecule has 4 nitrogen and oxygen atoms in total. The van der Waals surface area contributed by atoms with Crippen LogP contribution in [0.1, 0.15) is 0 Å². The van der Waals surface area contributed by atoms with Crippen LogP contribution in [0, 0.1) is 5.82 Å². The SMILES string of the molecule is CN1CCN(c2cc3[nH]ccc(=O)c3cc2F)CC1. The minimum absolute atomic E-state index is 0.155. The van der Waals surface area contributed by atoms with Gasteiger partial charge >= 0.3 is 0 Å². The van der Waals surface area contributed by atoms with Crippen LogP contribution in [0.5, 0.6) is 0 Å². The standard InChI is InChI=1S/C14H16FN3O/c1-17-4-6-18(7-5-17)13-9-12-10(8-11(13)15)14(19)2-3-16-12/h2-3,8-9H,4-7H2,1H3,(H,16,19). The number of piperazine rings is 1. The molecule has 0 radical (unpaired) electrons. The third kappa shape index (κ3) is 2.21. The van der Waals surface area contributed by atoms with E-state index >= 15 is 0 Å². The molecule has 1 saturated heterocycles. The maximum absolute atomic E-state index is 14.2. The van der Waals surface area contributed by atoms with Gasteiger partial charge in [0, 0.05) is 43.8 Å². The lowest BCUT2D eigenvalue weighted by Gasteiger charge is -2.34. The topological polar surface area (TPSA) is 39.3 Å². The lowest BCUT2D eigenvalue weighted by molar-refractivity contribution is 0.312. The normalized spacial score (nSPS) is 17.1. The van der Waals surface area contributed by atoms with Crippen molar-refractivity contribution >= 4 is 16.6 Å². The summed E-state index contributed by atoms with van der Waals surface area (Å²) in [6, 6.07) is 4.48. The summed E-state index contributed by atoms with van der Waals surface area (Å²) >= 11 is 0. The monoisotopic (exact) mass is 261 g/mol. The largest absolute Gasteiger partial charge is 0.367 e. The number of aromatic amines is 1. The predicted octanol–water partition coefficient (Wildman–Crippen LogP) is 1.42. The third-order valence-corrected chi connectivity index (χ3v) is 3.67. The molecule has 1 aliphatic rings. The van der Waals surface area contributed by atoms with Gasteiger partial charge in [-0.05, 0) is 19.2 Å². The Morgan fingerprint density at radius 3 is 2.68 bits per heavy atom. The molecule has 1 aromatic carbocycles. The zero-order chi connectivity index (χ0) is 13.4. The summed E-state index contributed by atoms with van der Waals surface area (Å²) in [7, 11) is 2.06. The van der Waals surface area contributed by atoms with Gasteiger partial charge in [-0.1, -0.05) is 0 Å². The molecule has 19 heavy (non-hydrogen) atoms. The van der Waals surface area contributed by atoms with E-state index in [0.29, 0.717) is 16.6 Å². The van der Waals surface area contributed by atoms with E-state index in [1.54, 1.807) is 12.3 Å². The van der Waals surface area contributed by atoms with E-state index in [0.717, 1.165) is 26.2 Å². The number of nitrogens with one attached hydrogen (secondary N) is 1. The van der Waals surface area contributed by atoms with Crippen molar-refractivity contribution in [3.8, 4) is 0 Å². The average molecular weight is 261 g/mol. The van der Waals surface area contributed by atoms with Gasteiger partial charge in [0.25, 0.3) is 0 Å². The fourth-order valence-electron chi connectivity index (χ4n) is 2.47. The van der Waals surface area contributed by atoms with Gasteiger partial charge in [0.2, 0.25) is 0 Å². The van der Waals surface area contributed by atoms with E-state index in [1.807, 2.05) is 4.90 Å². The highest BCUT2D eigenvalue weighted by molar-refractivity contribution is 5.82. The number of H-pyrrole nitrogens is 1. The molecule has 2 heterocycles. The summed E-state index contributed by atoms with van der Waals surface area (Å²) in [6.45, 7) is 3.44. The van der Waals surface area contributed by atoms with Crippen LogP contribution in [0.25, 0.3) is 10.9 Å². The first-order valence-corrected chi connectivity index (χ1v) is 6.39. The van der Waals surface area contributed by atoms with Gasteiger partial charge < -0.3 is 14.8 Å². The molecule has 100 valence electrons. The summed E-state index contributed by atoms with van der Waals surface area (Å²) in [6.07, 6.45) is 1.59. The Labute approximate surface area is 110 Å². The molecule has 0 aliphatic carbocycles. The highest BCUT2D eigenvalue weighted by atomic mass is 19.1. The summed E-state index contributed by atoms with van der Waals surface area (Å²) < 4.78 is 14.2. The highest BCUT2D eigenvalue weighted by Crippen LogP contribution is 2.24. The van der Waals surface area contributed by atoms with Crippen LogP contribution in [0.4, 0.5) is 10.1 Å². The number of hydrogen-bond acceptors (Lipinski definition) is 3. The second kappa shape index (κ2) is 4.66. The van der Waals surface area contributed by atoms with Crippen LogP contribution in [0.15, 0.2) is 29.2 Å². The molecule has 1 fully saturated rings. The number of anilines is 1. The van der Waals surface area contributed by atoms with Crippen LogP contribution >= 0.6 is 0 Å². The van der Waals surface area contributed by atoms with Crippen molar-refractivity contribution in [2.45, 2.75) is 0 Å². The van der Waals surface area contributed by atoms with Gasteiger partial charge in [-0.2, -0.15) is 0 Å². The van der Waals surface area contributed by atoms with Crippen molar-refractivity contribution < 1.29 is 4.39 Å². The molecule has 0 spiro atoms. The Morgan fingerprint density at radius 2 is 1.95 bits per heavy atom. The zero-order valence-corrected chi connectivity index (χ0v) is 10.8. The smallest absolute Gasteiger partial charge is 0.189 e. The van der Waals surface area contributed by atoms with Crippen molar-refractivity contribution in [2.75, 3.05) is 38.1 Å². The fraction of sp³-hybridized carbons (Fsp3) is 0.357.